The van der Waals surface area contributed by atoms with Crippen molar-refractivity contribution in [1.29, 1.82) is 0 Å². The van der Waals surface area contributed by atoms with Crippen molar-refractivity contribution in [3.05, 3.63) is 21.1 Å². The molecule has 0 radical (unpaired) electrons. The maximum absolute atomic E-state index is 13.6. The molecule has 0 saturated carbocycles. The molecule has 3 heterocycles. The smallest absolute Gasteiger partial charge is 0.223 e. The highest BCUT2D eigenvalue weighted by molar-refractivity contribution is 7.09. The number of epoxide rings is 1. The topological polar surface area (TPSA) is 112 Å². The van der Waals surface area contributed by atoms with Crippen molar-refractivity contribution < 1.29 is 24.5 Å². The number of rotatable bonds is 4. The first-order valence-corrected chi connectivity index (χ1v) is 14.7. The lowest BCUT2D eigenvalue weighted by atomic mass is 9.71. The molecule has 2 saturated heterocycles. The summed E-state index contributed by atoms with van der Waals surface area (Å²) in [6.45, 7) is 11.3. The molecule has 208 valence electrons. The summed E-state index contributed by atoms with van der Waals surface area (Å²) in [6, 6.07) is -0.504. The molecular weight excluding hydrogens is 512 g/mol. The molecule has 1 aromatic heterocycles. The molecule has 9 heteroatoms. The van der Waals surface area contributed by atoms with Crippen molar-refractivity contribution in [3.63, 3.8) is 0 Å². The van der Waals surface area contributed by atoms with Crippen LogP contribution in [-0.4, -0.2) is 56.8 Å². The standard InChI is InChI=1S/C28H43ClN2O5S/c1-7-9-19-25(34)16(2)10-8-11-28(6)23(36-28)13-21(20(29)12-18-15-37-17(3)30-18)31-24(33)14-22(32)27(4,5)26(19)35/h12,15-16,19,21-23,25,32,34H,7-11,13-14H2,1-6H3,(H,31,33)/b20-12-/t16-,19+,21-,22-,23-,25-,28+/m0/s1. The minimum absolute atomic E-state index is 0.0685. The van der Waals surface area contributed by atoms with Crippen LogP contribution in [0.5, 0.6) is 0 Å². The van der Waals surface area contributed by atoms with E-state index in [2.05, 4.69) is 17.2 Å². The highest BCUT2D eigenvalue weighted by atomic mass is 35.5. The number of carbonyl (C=O) groups is 2. The van der Waals surface area contributed by atoms with Crippen LogP contribution in [-0.2, 0) is 14.3 Å². The summed E-state index contributed by atoms with van der Waals surface area (Å²) in [5, 5.41) is 28.4. The Morgan fingerprint density at radius 2 is 2.03 bits per heavy atom. The second-order valence-electron chi connectivity index (χ2n) is 11.7. The highest BCUT2D eigenvalue weighted by Gasteiger charge is 2.52. The maximum atomic E-state index is 13.6. The zero-order chi connectivity index (χ0) is 27.5. The molecular formula is C28H43ClN2O5S. The lowest BCUT2D eigenvalue weighted by Gasteiger charge is -2.36. The zero-order valence-corrected chi connectivity index (χ0v) is 24.5. The van der Waals surface area contributed by atoms with Gasteiger partial charge in [-0.1, -0.05) is 52.1 Å². The Morgan fingerprint density at radius 3 is 2.65 bits per heavy atom. The zero-order valence-electron chi connectivity index (χ0n) is 22.9. The SMILES string of the molecule is CCC[C@H]1C(=O)C(C)(C)[C@@H](O)CC(=O)N[C@H](/C(Cl)=C/c2csc(C)n2)C[C@@H]2O[C@]2(C)CCC[C@H](C)[C@@H]1O. The Bertz CT molecular complexity index is 995. The second-order valence-corrected chi connectivity index (χ2v) is 13.2. The Kier molecular flexibility index (Phi) is 10.0. The third-order valence-corrected chi connectivity index (χ3v) is 9.35. The number of Topliss-reactive ketones (excluding diaryl/α,β-unsaturated/α-hetero) is 1. The van der Waals surface area contributed by atoms with E-state index in [9.17, 15) is 19.8 Å². The number of amides is 1. The van der Waals surface area contributed by atoms with Gasteiger partial charge in [0.2, 0.25) is 5.91 Å². The quantitative estimate of drug-likeness (QED) is 0.451. The maximum Gasteiger partial charge on any atom is 0.223 e. The number of fused-ring (bicyclic) bond motifs is 1. The molecule has 1 aromatic rings. The fraction of sp³-hybridized carbons (Fsp3) is 0.750. The molecule has 37 heavy (non-hydrogen) atoms. The lowest BCUT2D eigenvalue weighted by Crippen LogP contribution is -2.48. The number of hydrogen-bond acceptors (Lipinski definition) is 7. The van der Waals surface area contributed by atoms with Gasteiger partial charge in [0.05, 0.1) is 52.5 Å². The lowest BCUT2D eigenvalue weighted by molar-refractivity contribution is -0.144. The number of hydrogen-bond donors (Lipinski definition) is 3. The molecule has 0 aromatic carbocycles. The average Bonchev–Trinajstić information content (AvgIpc) is 3.27. The number of carbonyl (C=O) groups excluding carboxylic acids is 2. The molecule has 7 nitrogen and oxygen atoms in total. The van der Waals surface area contributed by atoms with Crippen LogP contribution in [0.1, 0.15) is 90.3 Å². The van der Waals surface area contributed by atoms with E-state index < -0.39 is 35.5 Å². The molecule has 0 bridgehead atoms. The van der Waals surface area contributed by atoms with Crippen LogP contribution in [0.15, 0.2) is 10.4 Å². The monoisotopic (exact) mass is 554 g/mol. The summed E-state index contributed by atoms with van der Waals surface area (Å²) in [7, 11) is 0. The number of ether oxygens (including phenoxy) is 1. The van der Waals surface area contributed by atoms with Crippen LogP contribution < -0.4 is 5.32 Å². The molecule has 2 aliphatic rings. The van der Waals surface area contributed by atoms with Crippen molar-refractivity contribution in [2.24, 2.45) is 17.3 Å². The predicted molar refractivity (Wildman–Crippen MR) is 147 cm³/mol. The molecule has 0 aliphatic carbocycles. The van der Waals surface area contributed by atoms with Gasteiger partial charge in [-0.2, -0.15) is 0 Å². The molecule has 0 spiro atoms. The van der Waals surface area contributed by atoms with E-state index in [4.69, 9.17) is 16.3 Å². The molecule has 2 fully saturated rings. The first-order valence-electron chi connectivity index (χ1n) is 13.4. The fourth-order valence-electron chi connectivity index (χ4n) is 5.39. The molecule has 3 N–H and O–H groups in total. The van der Waals surface area contributed by atoms with Gasteiger partial charge < -0.3 is 20.3 Å². The summed E-state index contributed by atoms with van der Waals surface area (Å²) in [5.41, 5.74) is -0.783. The van der Waals surface area contributed by atoms with Gasteiger partial charge in [0, 0.05) is 22.8 Å². The summed E-state index contributed by atoms with van der Waals surface area (Å²) in [4.78, 5) is 31.1. The molecule has 1 amide bonds. The van der Waals surface area contributed by atoms with Crippen LogP contribution in [0.25, 0.3) is 6.08 Å². The van der Waals surface area contributed by atoms with Crippen molar-refractivity contribution in [1.82, 2.24) is 10.3 Å². The van der Waals surface area contributed by atoms with Gasteiger partial charge in [-0.15, -0.1) is 11.3 Å². The van der Waals surface area contributed by atoms with E-state index in [1.54, 1.807) is 19.9 Å². The van der Waals surface area contributed by atoms with Gasteiger partial charge in [-0.3, -0.25) is 9.59 Å². The number of thiazole rings is 1. The third kappa shape index (κ3) is 7.41. The van der Waals surface area contributed by atoms with E-state index in [0.29, 0.717) is 17.9 Å². The Labute approximate surface area is 230 Å². The number of nitrogens with one attached hydrogen (secondary N) is 1. The third-order valence-electron chi connectivity index (χ3n) is 8.19. The molecule has 0 unspecified atom stereocenters. The molecule has 3 rings (SSSR count). The van der Waals surface area contributed by atoms with E-state index in [-0.39, 0.29) is 29.8 Å². The van der Waals surface area contributed by atoms with Crippen molar-refractivity contribution >= 4 is 40.7 Å². The first-order chi connectivity index (χ1) is 17.3. The van der Waals surface area contributed by atoms with Gasteiger partial charge in [0.25, 0.3) is 0 Å². The minimum atomic E-state index is -1.21. The van der Waals surface area contributed by atoms with Crippen LogP contribution >= 0.6 is 22.9 Å². The molecule has 7 atom stereocenters. The highest BCUT2D eigenvalue weighted by Crippen LogP contribution is 2.45. The summed E-state index contributed by atoms with van der Waals surface area (Å²) in [5.74, 6) is -1.26. The van der Waals surface area contributed by atoms with Crippen LogP contribution in [0.3, 0.4) is 0 Å². The van der Waals surface area contributed by atoms with Gasteiger partial charge in [0.1, 0.15) is 5.78 Å². The number of aryl methyl sites for hydroxylation is 1. The number of nitrogens with zero attached hydrogens (tertiary/aromatic N) is 1. The van der Waals surface area contributed by atoms with Gasteiger partial charge in [0.15, 0.2) is 0 Å². The fourth-order valence-corrected chi connectivity index (χ4v) is 6.21. The average molecular weight is 555 g/mol. The summed E-state index contributed by atoms with van der Waals surface area (Å²) in [6.07, 6.45) is 3.65. The first kappa shape index (κ1) is 30.2. The van der Waals surface area contributed by atoms with Gasteiger partial charge >= 0.3 is 0 Å². The Morgan fingerprint density at radius 1 is 1.32 bits per heavy atom. The van der Waals surface area contributed by atoms with Crippen molar-refractivity contribution in [3.8, 4) is 0 Å². The number of aliphatic hydroxyl groups excluding tert-OH is 2. The number of aliphatic hydroxyl groups is 2. The number of aromatic nitrogens is 1. The van der Waals surface area contributed by atoms with Crippen LogP contribution in [0, 0.1) is 24.2 Å². The largest absolute Gasteiger partial charge is 0.392 e. The van der Waals surface area contributed by atoms with Crippen LogP contribution in [0.4, 0.5) is 0 Å². The van der Waals surface area contributed by atoms with Gasteiger partial charge in [-0.05, 0) is 45.1 Å². The Hall–Kier alpha value is -1.32. The van der Waals surface area contributed by atoms with E-state index in [1.165, 1.54) is 11.3 Å². The van der Waals surface area contributed by atoms with Crippen LogP contribution in [0.2, 0.25) is 0 Å². The van der Waals surface area contributed by atoms with E-state index in [1.807, 2.05) is 26.2 Å². The summed E-state index contributed by atoms with van der Waals surface area (Å²) >= 11 is 8.24. The van der Waals surface area contributed by atoms with E-state index >= 15 is 0 Å². The second kappa shape index (κ2) is 12.2. The Balaban J connectivity index is 1.88. The van der Waals surface area contributed by atoms with E-state index in [0.717, 1.165) is 36.4 Å². The predicted octanol–water partition coefficient (Wildman–Crippen LogP) is 5.01. The minimum Gasteiger partial charge on any atom is -0.392 e. The summed E-state index contributed by atoms with van der Waals surface area (Å²) < 4.78 is 6.08. The number of halogens is 1. The molecule has 2 aliphatic heterocycles. The van der Waals surface area contributed by atoms with Crippen molar-refractivity contribution in [2.45, 2.75) is 116 Å². The van der Waals surface area contributed by atoms with Crippen molar-refractivity contribution in [2.75, 3.05) is 0 Å². The normalized spacial score (nSPS) is 36.1. The van der Waals surface area contributed by atoms with Gasteiger partial charge in [-0.25, -0.2) is 4.98 Å². The number of ketones is 1.